The first kappa shape index (κ1) is 10.1. The van der Waals surface area contributed by atoms with Crippen LogP contribution < -0.4 is 0 Å². The predicted octanol–water partition coefficient (Wildman–Crippen LogP) is 3.36. The molecular formula is C14H24O. The van der Waals surface area contributed by atoms with Gasteiger partial charge >= 0.3 is 0 Å². The van der Waals surface area contributed by atoms with Gasteiger partial charge in [0.15, 0.2) is 0 Å². The molecule has 3 aliphatic rings. The van der Waals surface area contributed by atoms with E-state index in [1.165, 1.54) is 51.4 Å². The molecule has 3 saturated carbocycles. The highest BCUT2D eigenvalue weighted by molar-refractivity contribution is 4.95. The molecule has 0 unspecified atom stereocenters. The van der Waals surface area contributed by atoms with Crippen LogP contribution in [0.4, 0.5) is 0 Å². The van der Waals surface area contributed by atoms with Gasteiger partial charge in [-0.3, -0.25) is 0 Å². The Labute approximate surface area is 93.3 Å². The Bertz CT molecular complexity index is 225. The fraction of sp³-hybridized carbons (Fsp3) is 1.00. The first-order valence-corrected chi connectivity index (χ1v) is 7.04. The largest absolute Gasteiger partial charge is 0.393 e. The predicted molar refractivity (Wildman–Crippen MR) is 61.5 cm³/mol. The van der Waals surface area contributed by atoms with E-state index in [4.69, 9.17) is 0 Å². The Kier molecular flexibility index (Phi) is 2.76. The minimum absolute atomic E-state index is 0.0506. The van der Waals surface area contributed by atoms with Crippen LogP contribution >= 0.6 is 0 Å². The summed E-state index contributed by atoms with van der Waals surface area (Å²) in [4.78, 5) is 0. The molecular weight excluding hydrogens is 184 g/mol. The molecule has 0 heterocycles. The minimum atomic E-state index is 0.0506. The van der Waals surface area contributed by atoms with Crippen LogP contribution in [0.2, 0.25) is 0 Å². The third kappa shape index (κ3) is 1.73. The summed E-state index contributed by atoms with van der Waals surface area (Å²) in [6, 6.07) is 0. The molecule has 1 N–H and O–H groups in total. The number of hydrogen-bond acceptors (Lipinski definition) is 1. The van der Waals surface area contributed by atoms with E-state index in [1.54, 1.807) is 0 Å². The van der Waals surface area contributed by atoms with E-state index in [0.29, 0.717) is 5.92 Å². The second-order valence-electron chi connectivity index (χ2n) is 6.12. The summed E-state index contributed by atoms with van der Waals surface area (Å²) in [5.74, 6) is 3.45. The zero-order valence-corrected chi connectivity index (χ0v) is 9.70. The van der Waals surface area contributed by atoms with E-state index in [1.807, 2.05) is 0 Å². The SMILES string of the molecule is O[C@H]1C[C@@H]2CCCC[C@@H]2[C@H]2CCCC[C@@H]21. The topological polar surface area (TPSA) is 20.2 Å². The van der Waals surface area contributed by atoms with Crippen LogP contribution in [0, 0.1) is 23.7 Å². The van der Waals surface area contributed by atoms with Gasteiger partial charge in [-0.25, -0.2) is 0 Å². The van der Waals surface area contributed by atoms with Gasteiger partial charge in [-0.05, 0) is 49.4 Å². The number of aliphatic hydroxyl groups is 1. The molecule has 3 rings (SSSR count). The molecule has 3 fully saturated rings. The molecule has 0 aromatic rings. The molecule has 1 nitrogen and oxygen atoms in total. The van der Waals surface area contributed by atoms with E-state index in [0.717, 1.165) is 24.2 Å². The van der Waals surface area contributed by atoms with Gasteiger partial charge in [0.05, 0.1) is 6.10 Å². The lowest BCUT2D eigenvalue weighted by Gasteiger charge is -2.50. The first-order chi connectivity index (χ1) is 7.36. The third-order valence-corrected chi connectivity index (χ3v) is 5.43. The number of aliphatic hydroxyl groups excluding tert-OH is 1. The van der Waals surface area contributed by atoms with Crippen molar-refractivity contribution >= 4 is 0 Å². The molecule has 0 saturated heterocycles. The zero-order valence-electron chi connectivity index (χ0n) is 9.70. The Balaban J connectivity index is 1.79. The molecule has 3 aliphatic carbocycles. The summed E-state index contributed by atoms with van der Waals surface area (Å²) in [5.41, 5.74) is 0. The Morgan fingerprint density at radius 1 is 0.667 bits per heavy atom. The molecule has 86 valence electrons. The molecule has 0 bridgehead atoms. The molecule has 0 spiro atoms. The van der Waals surface area contributed by atoms with Crippen molar-refractivity contribution in [3.8, 4) is 0 Å². The second kappa shape index (κ2) is 4.08. The summed E-state index contributed by atoms with van der Waals surface area (Å²) >= 11 is 0. The summed E-state index contributed by atoms with van der Waals surface area (Å²) in [6.45, 7) is 0. The van der Waals surface area contributed by atoms with Crippen LogP contribution in [0.15, 0.2) is 0 Å². The highest BCUT2D eigenvalue weighted by Crippen LogP contribution is 2.51. The summed E-state index contributed by atoms with van der Waals surface area (Å²) < 4.78 is 0. The van der Waals surface area contributed by atoms with Gasteiger partial charge in [-0.1, -0.05) is 32.1 Å². The van der Waals surface area contributed by atoms with E-state index >= 15 is 0 Å². The third-order valence-electron chi connectivity index (χ3n) is 5.43. The lowest BCUT2D eigenvalue weighted by atomic mass is 9.57. The van der Waals surface area contributed by atoms with Crippen molar-refractivity contribution in [2.75, 3.05) is 0 Å². The van der Waals surface area contributed by atoms with Crippen molar-refractivity contribution in [1.29, 1.82) is 0 Å². The van der Waals surface area contributed by atoms with Crippen LogP contribution in [0.3, 0.4) is 0 Å². The smallest absolute Gasteiger partial charge is 0.0573 e. The number of hydrogen-bond donors (Lipinski definition) is 1. The van der Waals surface area contributed by atoms with E-state index in [2.05, 4.69) is 0 Å². The Hall–Kier alpha value is -0.0400. The van der Waals surface area contributed by atoms with Gasteiger partial charge < -0.3 is 5.11 Å². The molecule has 0 aromatic heterocycles. The fourth-order valence-electron chi connectivity index (χ4n) is 4.78. The molecule has 1 heteroatoms. The van der Waals surface area contributed by atoms with Gasteiger partial charge in [0.2, 0.25) is 0 Å². The van der Waals surface area contributed by atoms with Crippen molar-refractivity contribution in [3.63, 3.8) is 0 Å². The standard InChI is InChI=1S/C14H24O/c15-14-9-10-5-1-2-6-11(10)12-7-3-4-8-13(12)14/h10-15H,1-9H2/t10-,11-,12+,13-,14-/m0/s1. The maximum atomic E-state index is 10.2. The highest BCUT2D eigenvalue weighted by Gasteiger charge is 2.44. The molecule has 15 heavy (non-hydrogen) atoms. The van der Waals surface area contributed by atoms with Crippen LogP contribution in [-0.2, 0) is 0 Å². The van der Waals surface area contributed by atoms with E-state index in [9.17, 15) is 5.11 Å². The summed E-state index contributed by atoms with van der Waals surface area (Å²) in [7, 11) is 0. The van der Waals surface area contributed by atoms with E-state index < -0.39 is 0 Å². The minimum Gasteiger partial charge on any atom is -0.393 e. The number of fused-ring (bicyclic) bond motifs is 3. The lowest BCUT2D eigenvalue weighted by molar-refractivity contribution is -0.0642. The van der Waals surface area contributed by atoms with Gasteiger partial charge in [-0.15, -0.1) is 0 Å². The normalized spacial score (nSPS) is 50.6. The molecule has 0 aromatic carbocycles. The monoisotopic (exact) mass is 208 g/mol. The lowest BCUT2D eigenvalue weighted by Crippen LogP contribution is -2.45. The average Bonchev–Trinajstić information content (AvgIpc) is 2.30. The van der Waals surface area contributed by atoms with Crippen molar-refractivity contribution in [3.05, 3.63) is 0 Å². The first-order valence-electron chi connectivity index (χ1n) is 7.04. The second-order valence-corrected chi connectivity index (χ2v) is 6.12. The average molecular weight is 208 g/mol. The van der Waals surface area contributed by atoms with Gasteiger partial charge in [0.25, 0.3) is 0 Å². The highest BCUT2D eigenvalue weighted by atomic mass is 16.3. The molecule has 0 radical (unpaired) electrons. The van der Waals surface area contributed by atoms with Crippen LogP contribution in [0.1, 0.15) is 57.8 Å². The number of rotatable bonds is 0. The van der Waals surface area contributed by atoms with Gasteiger partial charge in [0, 0.05) is 0 Å². The van der Waals surface area contributed by atoms with Gasteiger partial charge in [0.1, 0.15) is 0 Å². The molecule has 0 amide bonds. The van der Waals surface area contributed by atoms with Crippen molar-refractivity contribution in [1.82, 2.24) is 0 Å². The summed E-state index contributed by atoms with van der Waals surface area (Å²) in [5, 5.41) is 10.2. The Morgan fingerprint density at radius 3 is 2.07 bits per heavy atom. The van der Waals surface area contributed by atoms with Gasteiger partial charge in [-0.2, -0.15) is 0 Å². The van der Waals surface area contributed by atoms with Crippen molar-refractivity contribution in [2.24, 2.45) is 23.7 Å². The van der Waals surface area contributed by atoms with Crippen LogP contribution in [0.25, 0.3) is 0 Å². The fourth-order valence-corrected chi connectivity index (χ4v) is 4.78. The molecule has 0 aliphatic heterocycles. The quantitative estimate of drug-likeness (QED) is 0.647. The molecule has 5 atom stereocenters. The zero-order chi connectivity index (χ0) is 10.3. The van der Waals surface area contributed by atoms with Crippen molar-refractivity contribution < 1.29 is 5.11 Å². The summed E-state index contributed by atoms with van der Waals surface area (Å²) in [6.07, 6.45) is 12.5. The van der Waals surface area contributed by atoms with Crippen molar-refractivity contribution in [2.45, 2.75) is 63.9 Å². The Morgan fingerprint density at radius 2 is 1.27 bits per heavy atom. The maximum absolute atomic E-state index is 10.2. The van der Waals surface area contributed by atoms with E-state index in [-0.39, 0.29) is 6.10 Å². The van der Waals surface area contributed by atoms with Crippen LogP contribution in [-0.4, -0.2) is 11.2 Å². The maximum Gasteiger partial charge on any atom is 0.0573 e. The van der Waals surface area contributed by atoms with Crippen LogP contribution in [0.5, 0.6) is 0 Å².